The van der Waals surface area contributed by atoms with Crippen molar-refractivity contribution in [2.24, 2.45) is 5.41 Å². The molecule has 0 spiro atoms. The van der Waals surface area contributed by atoms with Gasteiger partial charge < -0.3 is 9.73 Å². The van der Waals surface area contributed by atoms with E-state index in [-0.39, 0.29) is 0 Å². The molecule has 0 aromatic carbocycles. The van der Waals surface area contributed by atoms with Gasteiger partial charge in [-0.3, -0.25) is 0 Å². The van der Waals surface area contributed by atoms with Crippen molar-refractivity contribution < 1.29 is 4.42 Å². The topological polar surface area (TPSA) is 25.2 Å². The predicted octanol–water partition coefficient (Wildman–Crippen LogP) is 3.57. The normalized spacial score (nSPS) is 18.4. The Hall–Kier alpha value is -0.760. The first-order valence-corrected chi connectivity index (χ1v) is 6.42. The van der Waals surface area contributed by atoms with E-state index >= 15 is 0 Å². The fraction of sp³-hybridized carbons (Fsp3) is 0.714. The third-order valence-electron chi connectivity index (χ3n) is 4.12. The zero-order chi connectivity index (χ0) is 11.6. The molecule has 0 aliphatic heterocycles. The average Bonchev–Trinajstić information content (AvgIpc) is 2.50. The molecule has 2 rings (SSSR count). The average molecular weight is 221 g/mol. The molecule has 1 aliphatic carbocycles. The molecule has 1 aliphatic rings. The summed E-state index contributed by atoms with van der Waals surface area (Å²) in [4.78, 5) is 0. The third kappa shape index (κ3) is 2.32. The highest BCUT2D eigenvalue weighted by Crippen LogP contribution is 2.43. The molecule has 0 radical (unpaired) electrons. The number of hydrogen-bond acceptors (Lipinski definition) is 2. The van der Waals surface area contributed by atoms with Gasteiger partial charge in [0, 0.05) is 18.7 Å². The molecule has 16 heavy (non-hydrogen) atoms. The lowest BCUT2D eigenvalue weighted by Gasteiger charge is -2.41. The van der Waals surface area contributed by atoms with E-state index in [0.29, 0.717) is 5.41 Å². The Morgan fingerprint density at radius 2 is 2.12 bits per heavy atom. The summed E-state index contributed by atoms with van der Waals surface area (Å²) in [6.45, 7) is 8.48. The fourth-order valence-electron chi connectivity index (χ4n) is 2.65. The number of nitrogens with one attached hydrogen (secondary N) is 1. The van der Waals surface area contributed by atoms with Crippen molar-refractivity contribution in [1.29, 1.82) is 0 Å². The van der Waals surface area contributed by atoms with Gasteiger partial charge in [0.05, 0.1) is 0 Å². The Morgan fingerprint density at radius 3 is 2.56 bits per heavy atom. The van der Waals surface area contributed by atoms with Crippen LogP contribution in [0.4, 0.5) is 0 Å². The smallest absolute Gasteiger partial charge is 0.105 e. The Morgan fingerprint density at radius 1 is 1.38 bits per heavy atom. The summed E-state index contributed by atoms with van der Waals surface area (Å²) < 4.78 is 5.52. The van der Waals surface area contributed by atoms with Gasteiger partial charge in [-0.05, 0) is 44.6 Å². The maximum absolute atomic E-state index is 5.52. The number of aryl methyl sites for hydroxylation is 2. The van der Waals surface area contributed by atoms with Crippen LogP contribution < -0.4 is 5.32 Å². The lowest BCUT2D eigenvalue weighted by molar-refractivity contribution is 0.123. The fourth-order valence-corrected chi connectivity index (χ4v) is 2.65. The minimum atomic E-state index is 0.604. The van der Waals surface area contributed by atoms with Gasteiger partial charge in [0.15, 0.2) is 0 Å². The van der Waals surface area contributed by atoms with Crippen molar-refractivity contribution in [2.75, 3.05) is 6.54 Å². The van der Waals surface area contributed by atoms with Crippen LogP contribution in [-0.4, -0.2) is 6.54 Å². The summed E-state index contributed by atoms with van der Waals surface area (Å²) in [5.74, 6) is 2.08. The van der Waals surface area contributed by atoms with Crippen LogP contribution in [0.25, 0.3) is 0 Å². The third-order valence-corrected chi connectivity index (χ3v) is 4.12. The van der Waals surface area contributed by atoms with Gasteiger partial charge >= 0.3 is 0 Å². The first kappa shape index (κ1) is 11.7. The van der Waals surface area contributed by atoms with E-state index in [9.17, 15) is 0 Å². The maximum Gasteiger partial charge on any atom is 0.105 e. The van der Waals surface area contributed by atoms with Gasteiger partial charge in [-0.15, -0.1) is 0 Å². The van der Waals surface area contributed by atoms with Gasteiger partial charge in [0.2, 0.25) is 0 Å². The van der Waals surface area contributed by atoms with Crippen LogP contribution >= 0.6 is 0 Å². The summed E-state index contributed by atoms with van der Waals surface area (Å²) in [7, 11) is 0. The molecule has 0 atom stereocenters. The van der Waals surface area contributed by atoms with Crippen molar-refractivity contribution in [2.45, 2.75) is 53.0 Å². The Labute approximate surface area is 98.4 Å². The van der Waals surface area contributed by atoms with Gasteiger partial charge in [-0.25, -0.2) is 0 Å². The van der Waals surface area contributed by atoms with Gasteiger partial charge in [-0.1, -0.05) is 13.3 Å². The molecule has 0 unspecified atom stereocenters. The summed E-state index contributed by atoms with van der Waals surface area (Å²) in [5.41, 5.74) is 1.91. The molecule has 0 amide bonds. The monoisotopic (exact) mass is 221 g/mol. The van der Waals surface area contributed by atoms with Crippen molar-refractivity contribution in [1.82, 2.24) is 5.32 Å². The lowest BCUT2D eigenvalue weighted by atomic mass is 9.67. The maximum atomic E-state index is 5.52. The van der Waals surface area contributed by atoms with Crippen LogP contribution in [0.3, 0.4) is 0 Å². The molecule has 1 aromatic heterocycles. The van der Waals surface area contributed by atoms with Gasteiger partial charge in [0.25, 0.3) is 0 Å². The van der Waals surface area contributed by atoms with Crippen molar-refractivity contribution >= 4 is 0 Å². The van der Waals surface area contributed by atoms with Crippen LogP contribution in [0.1, 0.15) is 49.7 Å². The van der Waals surface area contributed by atoms with Crippen LogP contribution in [-0.2, 0) is 6.54 Å². The van der Waals surface area contributed by atoms with Crippen LogP contribution in [0, 0.1) is 19.3 Å². The first-order chi connectivity index (χ1) is 7.65. The molecule has 1 fully saturated rings. The van der Waals surface area contributed by atoms with E-state index in [4.69, 9.17) is 4.42 Å². The SMILES string of the molecule is CCC1(CNCc2cc(C)oc2C)CCC1. The molecule has 1 saturated carbocycles. The largest absolute Gasteiger partial charge is 0.466 e. The molecule has 0 bridgehead atoms. The zero-order valence-corrected chi connectivity index (χ0v) is 10.7. The lowest BCUT2D eigenvalue weighted by Crippen LogP contribution is -2.39. The van der Waals surface area contributed by atoms with Gasteiger partial charge in [0.1, 0.15) is 11.5 Å². The first-order valence-electron chi connectivity index (χ1n) is 6.42. The highest BCUT2D eigenvalue weighted by atomic mass is 16.3. The second kappa shape index (κ2) is 4.62. The van der Waals surface area contributed by atoms with Crippen molar-refractivity contribution in [3.8, 4) is 0 Å². The summed E-state index contributed by atoms with van der Waals surface area (Å²) >= 11 is 0. The van der Waals surface area contributed by atoms with Crippen LogP contribution in [0.2, 0.25) is 0 Å². The van der Waals surface area contributed by atoms with Crippen LogP contribution in [0.5, 0.6) is 0 Å². The van der Waals surface area contributed by atoms with E-state index in [1.165, 1.54) is 31.2 Å². The Kier molecular flexibility index (Phi) is 3.38. The summed E-state index contributed by atoms with van der Waals surface area (Å²) in [5, 5.41) is 3.59. The highest BCUT2D eigenvalue weighted by molar-refractivity contribution is 5.19. The van der Waals surface area contributed by atoms with Crippen molar-refractivity contribution in [3.63, 3.8) is 0 Å². The summed E-state index contributed by atoms with van der Waals surface area (Å²) in [6.07, 6.45) is 5.53. The predicted molar refractivity (Wildman–Crippen MR) is 66.5 cm³/mol. The number of hydrogen-bond donors (Lipinski definition) is 1. The molecule has 90 valence electrons. The minimum Gasteiger partial charge on any atom is -0.466 e. The van der Waals surface area contributed by atoms with E-state index in [2.05, 4.69) is 18.3 Å². The van der Waals surface area contributed by atoms with E-state index < -0.39 is 0 Å². The molecule has 1 N–H and O–H groups in total. The molecule has 2 nitrogen and oxygen atoms in total. The second-order valence-corrected chi connectivity index (χ2v) is 5.25. The molecule has 1 aromatic rings. The Bertz CT molecular complexity index is 344. The molecular formula is C14H23NO. The molecule has 0 saturated heterocycles. The van der Waals surface area contributed by atoms with E-state index in [1.807, 2.05) is 13.8 Å². The summed E-state index contributed by atoms with van der Waals surface area (Å²) in [6, 6.07) is 2.14. The number of furan rings is 1. The van der Waals surface area contributed by atoms with E-state index in [1.54, 1.807) is 0 Å². The van der Waals surface area contributed by atoms with E-state index in [0.717, 1.165) is 24.6 Å². The molecule has 2 heteroatoms. The minimum absolute atomic E-state index is 0.604. The van der Waals surface area contributed by atoms with Crippen LogP contribution in [0.15, 0.2) is 10.5 Å². The zero-order valence-electron chi connectivity index (χ0n) is 10.7. The standard InChI is InChI=1S/C14H23NO/c1-4-14(6-5-7-14)10-15-9-13-8-11(2)16-12(13)3/h8,15H,4-7,9-10H2,1-3H3. The quantitative estimate of drug-likeness (QED) is 0.822. The highest BCUT2D eigenvalue weighted by Gasteiger charge is 2.34. The van der Waals surface area contributed by atoms with Crippen molar-refractivity contribution in [3.05, 3.63) is 23.2 Å². The van der Waals surface area contributed by atoms with Gasteiger partial charge in [-0.2, -0.15) is 0 Å². The Balaban J connectivity index is 1.81. The number of rotatable bonds is 5. The molecule has 1 heterocycles. The second-order valence-electron chi connectivity index (χ2n) is 5.25. The molecular weight excluding hydrogens is 198 g/mol.